The molecule has 1 nitrogen and oxygen atoms in total. The fourth-order valence-electron chi connectivity index (χ4n) is 9.10. The average Bonchev–Trinajstić information content (AvgIpc) is 3.82. The van der Waals surface area contributed by atoms with Crippen LogP contribution in [0.4, 0.5) is 17.1 Å². The van der Waals surface area contributed by atoms with Crippen molar-refractivity contribution in [3.05, 3.63) is 223 Å². The molecular weight excluding hydrogens is 731 g/mol. The minimum Gasteiger partial charge on any atom is -0.310 e. The lowest BCUT2D eigenvalue weighted by Crippen LogP contribution is -2.15. The summed E-state index contributed by atoms with van der Waals surface area (Å²) in [6, 6.07) is 62.6. The van der Waals surface area contributed by atoms with Gasteiger partial charge in [-0.2, -0.15) is 0 Å². The molecule has 0 N–H and O–H groups in total. The molecule has 0 unspecified atom stereocenters. The van der Waals surface area contributed by atoms with Crippen LogP contribution >= 0.6 is 11.3 Å². The third-order valence-electron chi connectivity index (χ3n) is 11.9. The summed E-state index contributed by atoms with van der Waals surface area (Å²) in [5.41, 5.74) is 14.7. The second-order valence-electron chi connectivity index (χ2n) is 15.7. The number of hydrogen-bond acceptors (Lipinski definition) is 2. The average molecular weight is 777 g/mol. The van der Waals surface area contributed by atoms with Gasteiger partial charge in [0.1, 0.15) is 0 Å². The summed E-state index contributed by atoms with van der Waals surface area (Å²) in [6.45, 7) is 4.62. The zero-order valence-electron chi connectivity index (χ0n) is 37.7. The zero-order chi connectivity index (χ0) is 43.9. The Balaban J connectivity index is 1.15. The minimum atomic E-state index is -0.412. The van der Waals surface area contributed by atoms with Crippen molar-refractivity contribution >= 4 is 48.6 Å². The highest BCUT2D eigenvalue weighted by atomic mass is 32.1. The van der Waals surface area contributed by atoms with E-state index in [1.54, 1.807) is 11.3 Å². The van der Waals surface area contributed by atoms with Crippen molar-refractivity contribution in [2.75, 3.05) is 4.90 Å². The van der Waals surface area contributed by atoms with Gasteiger partial charge in [-0.25, -0.2) is 0 Å². The molecule has 0 radical (unpaired) electrons. The number of benzene rings is 9. The molecule has 0 fully saturated rings. The van der Waals surface area contributed by atoms with Crippen molar-refractivity contribution < 1.29 is 6.85 Å². The number of hydrogen-bond donors (Lipinski definition) is 0. The van der Waals surface area contributed by atoms with Gasteiger partial charge >= 0.3 is 0 Å². The second kappa shape index (κ2) is 14.1. The van der Waals surface area contributed by atoms with Crippen LogP contribution in [-0.4, -0.2) is 0 Å². The van der Waals surface area contributed by atoms with E-state index in [9.17, 15) is 0 Å². The van der Waals surface area contributed by atoms with Crippen molar-refractivity contribution in [3.63, 3.8) is 0 Å². The van der Waals surface area contributed by atoms with Crippen molar-refractivity contribution in [3.8, 4) is 55.6 Å². The molecule has 1 heterocycles. The SMILES string of the molecule is [2H]c1c([2H])c([2H])c(-c2cccc(N(c3cccc(-c4ccc5sc6ccccc6c5c4)c3)c3cccc(-c4ccc5c(c4)C(C)(C)c4ccccc4-5)c3-c3ccccc3)c2)c([2H])c1[2H]. The molecule has 0 spiro atoms. The van der Waals surface area contributed by atoms with Gasteiger partial charge in [-0.3, -0.25) is 0 Å². The Labute approximate surface area is 357 Å². The van der Waals surface area contributed by atoms with Gasteiger partial charge in [0.15, 0.2) is 0 Å². The van der Waals surface area contributed by atoms with E-state index in [4.69, 9.17) is 6.85 Å². The number of anilines is 3. The third kappa shape index (κ3) is 5.99. The highest BCUT2D eigenvalue weighted by molar-refractivity contribution is 7.25. The predicted octanol–water partition coefficient (Wildman–Crippen LogP) is 16.5. The highest BCUT2D eigenvalue weighted by Gasteiger charge is 2.35. The lowest BCUT2D eigenvalue weighted by atomic mass is 9.81. The summed E-state index contributed by atoms with van der Waals surface area (Å²) in [5.74, 6) is 0. The first kappa shape index (κ1) is 30.1. The van der Waals surface area contributed by atoms with Crippen LogP contribution in [-0.2, 0) is 5.41 Å². The maximum absolute atomic E-state index is 8.91. The van der Waals surface area contributed by atoms with E-state index in [1.165, 1.54) is 42.4 Å². The van der Waals surface area contributed by atoms with E-state index in [0.29, 0.717) is 5.56 Å². The number of nitrogens with zero attached hydrogens (tertiary/aromatic N) is 1. The predicted molar refractivity (Wildman–Crippen MR) is 253 cm³/mol. The quantitative estimate of drug-likeness (QED) is 0.156. The van der Waals surface area contributed by atoms with Crippen LogP contribution in [0, 0.1) is 0 Å². The number of fused-ring (bicyclic) bond motifs is 6. The van der Waals surface area contributed by atoms with Gasteiger partial charge in [0, 0.05) is 42.5 Å². The highest BCUT2D eigenvalue weighted by Crippen LogP contribution is 2.52. The van der Waals surface area contributed by atoms with E-state index in [0.717, 1.165) is 50.4 Å². The van der Waals surface area contributed by atoms with Crippen LogP contribution in [0.25, 0.3) is 75.8 Å². The monoisotopic (exact) mass is 776 g/mol. The minimum absolute atomic E-state index is 0.164. The molecule has 1 aliphatic rings. The largest absolute Gasteiger partial charge is 0.310 e. The number of thiophene rings is 1. The van der Waals surface area contributed by atoms with Gasteiger partial charge in [-0.05, 0) is 116 Å². The molecule has 2 heteroatoms. The molecular formula is C57H41NS. The van der Waals surface area contributed by atoms with Crippen LogP contribution in [0.1, 0.15) is 31.8 Å². The Bertz CT molecular complexity index is 3470. The van der Waals surface area contributed by atoms with E-state index in [1.807, 2.05) is 30.3 Å². The third-order valence-corrected chi connectivity index (χ3v) is 13.1. The molecule has 9 aromatic carbocycles. The summed E-state index contributed by atoms with van der Waals surface area (Å²) >= 11 is 1.81. The molecule has 0 amide bonds. The van der Waals surface area contributed by atoms with Crippen LogP contribution in [0.3, 0.4) is 0 Å². The van der Waals surface area contributed by atoms with Crippen molar-refractivity contribution in [1.82, 2.24) is 0 Å². The normalized spacial score (nSPS) is 13.9. The first-order valence-corrected chi connectivity index (χ1v) is 20.8. The van der Waals surface area contributed by atoms with Gasteiger partial charge in [0.25, 0.3) is 0 Å². The fourth-order valence-corrected chi connectivity index (χ4v) is 10.2. The standard InChI is InChI=1S/C57H41NS/c1-57(2)51-27-11-9-24-47(51)48-32-30-43(37-52(48)57)46-26-15-28-53(56(46)39-18-7-4-8-19-39)58(44-22-13-20-40(34-44)38-16-5-3-6-17-38)45-23-14-21-41(35-45)42-31-33-55-50(36-42)49-25-10-12-29-54(49)59-55/h3-37H,1-2H3/i3D,5D,6D,16D,17D. The van der Waals surface area contributed by atoms with Gasteiger partial charge in [0.05, 0.1) is 12.5 Å². The Hall–Kier alpha value is -7.00. The van der Waals surface area contributed by atoms with Crippen molar-refractivity contribution in [2.45, 2.75) is 19.3 Å². The summed E-state index contributed by atoms with van der Waals surface area (Å²) in [5, 5.41) is 2.47. The number of rotatable bonds is 7. The maximum Gasteiger partial charge on any atom is 0.0629 e. The smallest absolute Gasteiger partial charge is 0.0629 e. The zero-order valence-corrected chi connectivity index (χ0v) is 33.5. The van der Waals surface area contributed by atoms with Gasteiger partial charge in [-0.1, -0.05) is 171 Å². The molecule has 10 aromatic rings. The molecule has 1 aliphatic carbocycles. The summed E-state index contributed by atoms with van der Waals surface area (Å²) in [7, 11) is 0. The van der Waals surface area contributed by atoms with Gasteiger partial charge in [0.2, 0.25) is 0 Å². The van der Waals surface area contributed by atoms with E-state index >= 15 is 0 Å². The molecule has 0 atom stereocenters. The Kier molecular flexibility index (Phi) is 7.21. The molecule has 59 heavy (non-hydrogen) atoms. The topological polar surface area (TPSA) is 3.24 Å². The summed E-state index contributed by atoms with van der Waals surface area (Å²) < 4.78 is 45.6. The Morgan fingerprint density at radius 2 is 1.03 bits per heavy atom. The van der Waals surface area contributed by atoms with E-state index < -0.39 is 6.04 Å². The summed E-state index contributed by atoms with van der Waals surface area (Å²) in [6.07, 6.45) is 0. The van der Waals surface area contributed by atoms with Crippen molar-refractivity contribution in [1.29, 1.82) is 0 Å². The molecule has 0 aliphatic heterocycles. The molecule has 0 saturated heterocycles. The van der Waals surface area contributed by atoms with Crippen LogP contribution in [0.2, 0.25) is 0 Å². The lowest BCUT2D eigenvalue weighted by Gasteiger charge is -2.30. The molecule has 1 aromatic heterocycles. The van der Waals surface area contributed by atoms with Gasteiger partial charge in [-0.15, -0.1) is 11.3 Å². The molecule has 11 rings (SSSR count). The van der Waals surface area contributed by atoms with Crippen LogP contribution in [0.15, 0.2) is 212 Å². The van der Waals surface area contributed by atoms with E-state index in [-0.39, 0.29) is 35.1 Å². The molecule has 0 bridgehead atoms. The fraction of sp³-hybridized carbons (Fsp3) is 0.0526. The molecule has 280 valence electrons. The van der Waals surface area contributed by atoms with Crippen LogP contribution in [0.5, 0.6) is 0 Å². The second-order valence-corrected chi connectivity index (χ2v) is 16.8. The first-order chi connectivity index (χ1) is 31.1. The summed E-state index contributed by atoms with van der Waals surface area (Å²) in [4.78, 5) is 2.25. The Morgan fingerprint density at radius 1 is 0.424 bits per heavy atom. The Morgan fingerprint density at radius 3 is 1.85 bits per heavy atom. The van der Waals surface area contributed by atoms with Crippen molar-refractivity contribution in [2.24, 2.45) is 0 Å². The lowest BCUT2D eigenvalue weighted by molar-refractivity contribution is 0.660. The molecule has 0 saturated carbocycles. The maximum atomic E-state index is 8.91. The first-order valence-electron chi connectivity index (χ1n) is 22.5. The van der Waals surface area contributed by atoms with E-state index in [2.05, 4.69) is 170 Å². The van der Waals surface area contributed by atoms with Gasteiger partial charge < -0.3 is 4.90 Å². The van der Waals surface area contributed by atoms with Crippen LogP contribution < -0.4 is 4.90 Å².